The lowest BCUT2D eigenvalue weighted by Crippen LogP contribution is -2.42. The maximum absolute atomic E-state index is 13.3. The van der Waals surface area contributed by atoms with Gasteiger partial charge in [0.15, 0.2) is 5.13 Å². The van der Waals surface area contributed by atoms with Crippen molar-refractivity contribution in [2.75, 3.05) is 11.9 Å². The molecule has 6 nitrogen and oxygen atoms in total. The van der Waals surface area contributed by atoms with Crippen LogP contribution in [0.4, 0.5) is 13.9 Å². The Morgan fingerprint density at radius 2 is 1.76 bits per heavy atom. The summed E-state index contributed by atoms with van der Waals surface area (Å²) in [5.74, 6) is -1.79. The molecule has 1 atom stereocenters. The minimum atomic E-state index is -0.855. The fourth-order valence-electron chi connectivity index (χ4n) is 4.40. The molecule has 196 valence electrons. The number of hydrogen-bond donors (Lipinski definition) is 2. The van der Waals surface area contributed by atoms with Crippen LogP contribution in [-0.4, -0.2) is 29.4 Å². The summed E-state index contributed by atoms with van der Waals surface area (Å²) in [6.45, 7) is 2.95. The van der Waals surface area contributed by atoms with Gasteiger partial charge < -0.3 is 15.4 Å². The maximum Gasteiger partial charge on any atom is 0.248 e. The van der Waals surface area contributed by atoms with Crippen LogP contribution in [0, 0.1) is 17.6 Å². The van der Waals surface area contributed by atoms with Gasteiger partial charge in [-0.15, -0.1) is 0 Å². The smallest absolute Gasteiger partial charge is 0.248 e. The standard InChI is InChI=1S/C28H31F2N3O3S/c1-18(32-26(34)13-21-11-23(29)14-24(30)12-21)27(35)33-28-31-15-25(37-28)22-9-7-20(8-10-22)17-36-16-19-5-3-2-4-6-19/h7-12,14-15,18-19H,2-6,13,16-17H2,1H3,(H,32,34)(H,31,33,35)/t18-/m0/s1. The lowest BCUT2D eigenvalue weighted by molar-refractivity contribution is -0.125. The summed E-state index contributed by atoms with van der Waals surface area (Å²) < 4.78 is 32.6. The van der Waals surface area contributed by atoms with Crippen molar-refractivity contribution in [3.63, 3.8) is 0 Å². The molecular formula is C28H31F2N3O3S. The van der Waals surface area contributed by atoms with Crippen molar-refractivity contribution in [3.8, 4) is 10.4 Å². The predicted molar refractivity (Wildman–Crippen MR) is 140 cm³/mol. The van der Waals surface area contributed by atoms with Crippen LogP contribution in [0.15, 0.2) is 48.7 Å². The van der Waals surface area contributed by atoms with E-state index in [1.165, 1.54) is 50.4 Å². The Morgan fingerprint density at radius 1 is 1.05 bits per heavy atom. The SMILES string of the molecule is C[C@H](NC(=O)Cc1cc(F)cc(F)c1)C(=O)Nc1ncc(-c2ccc(COCC3CCCCC3)cc2)s1. The Bertz CT molecular complexity index is 1190. The van der Waals surface area contributed by atoms with E-state index in [-0.39, 0.29) is 12.0 Å². The lowest BCUT2D eigenvalue weighted by Gasteiger charge is -2.21. The molecule has 3 aromatic rings. The van der Waals surface area contributed by atoms with Crippen LogP contribution in [0.5, 0.6) is 0 Å². The number of ether oxygens (including phenoxy) is 1. The number of carbonyl (C=O) groups is 2. The first-order chi connectivity index (χ1) is 17.9. The normalized spacial score (nSPS) is 14.8. The van der Waals surface area contributed by atoms with E-state index in [2.05, 4.69) is 15.6 Å². The van der Waals surface area contributed by atoms with E-state index in [4.69, 9.17) is 4.74 Å². The Labute approximate surface area is 219 Å². The first kappa shape index (κ1) is 26.9. The first-order valence-corrected chi connectivity index (χ1v) is 13.4. The Hall–Kier alpha value is -3.17. The second-order valence-electron chi connectivity index (χ2n) is 9.48. The molecule has 1 aliphatic rings. The fourth-order valence-corrected chi connectivity index (χ4v) is 5.22. The molecule has 0 aliphatic heterocycles. The van der Waals surface area contributed by atoms with Crippen LogP contribution in [0.2, 0.25) is 0 Å². The van der Waals surface area contributed by atoms with Gasteiger partial charge in [-0.3, -0.25) is 9.59 Å². The van der Waals surface area contributed by atoms with Crippen molar-refractivity contribution in [3.05, 3.63) is 71.4 Å². The molecule has 0 unspecified atom stereocenters. The molecule has 0 spiro atoms. The maximum atomic E-state index is 13.3. The zero-order valence-corrected chi connectivity index (χ0v) is 21.6. The monoisotopic (exact) mass is 527 g/mol. The highest BCUT2D eigenvalue weighted by Crippen LogP contribution is 2.29. The van der Waals surface area contributed by atoms with Gasteiger partial charge in [-0.1, -0.05) is 54.9 Å². The van der Waals surface area contributed by atoms with Crippen LogP contribution in [0.1, 0.15) is 50.2 Å². The van der Waals surface area contributed by atoms with Crippen LogP contribution >= 0.6 is 11.3 Å². The lowest BCUT2D eigenvalue weighted by atomic mass is 9.90. The summed E-state index contributed by atoms with van der Waals surface area (Å²) in [7, 11) is 0. The zero-order chi connectivity index (χ0) is 26.2. The highest BCUT2D eigenvalue weighted by atomic mass is 32.1. The molecule has 2 aromatic carbocycles. The number of nitrogens with zero attached hydrogens (tertiary/aromatic N) is 1. The molecule has 0 radical (unpaired) electrons. The van der Waals surface area contributed by atoms with Crippen molar-refractivity contribution < 1.29 is 23.1 Å². The van der Waals surface area contributed by atoms with E-state index in [1.807, 2.05) is 24.3 Å². The summed E-state index contributed by atoms with van der Waals surface area (Å²) >= 11 is 1.33. The van der Waals surface area contributed by atoms with Gasteiger partial charge >= 0.3 is 0 Å². The van der Waals surface area contributed by atoms with Crippen LogP contribution in [-0.2, 0) is 27.4 Å². The number of nitrogens with one attached hydrogen (secondary N) is 2. The van der Waals surface area contributed by atoms with E-state index in [9.17, 15) is 18.4 Å². The topological polar surface area (TPSA) is 80.3 Å². The molecule has 9 heteroatoms. The number of benzene rings is 2. The van der Waals surface area contributed by atoms with Gasteiger partial charge in [0.2, 0.25) is 11.8 Å². The van der Waals surface area contributed by atoms with Gasteiger partial charge in [0.1, 0.15) is 17.7 Å². The molecule has 1 saturated carbocycles. The molecule has 2 amide bonds. The zero-order valence-electron chi connectivity index (χ0n) is 20.8. The van der Waals surface area contributed by atoms with Gasteiger partial charge in [0, 0.05) is 18.9 Å². The quantitative estimate of drug-likeness (QED) is 0.346. The van der Waals surface area contributed by atoms with Gasteiger partial charge in [0.25, 0.3) is 0 Å². The van der Waals surface area contributed by atoms with Gasteiger partial charge in [0.05, 0.1) is 17.9 Å². The number of carbonyl (C=O) groups excluding carboxylic acids is 2. The molecule has 0 saturated heterocycles. The third-order valence-electron chi connectivity index (χ3n) is 6.38. The van der Waals surface area contributed by atoms with Crippen LogP contribution in [0.25, 0.3) is 10.4 Å². The summed E-state index contributed by atoms with van der Waals surface area (Å²) in [6, 6.07) is 10.1. The number of rotatable bonds is 10. The van der Waals surface area contributed by atoms with Gasteiger partial charge in [-0.25, -0.2) is 13.8 Å². The van der Waals surface area contributed by atoms with E-state index in [0.717, 1.165) is 40.8 Å². The summed E-state index contributed by atoms with van der Waals surface area (Å²) in [5.41, 5.74) is 2.29. The summed E-state index contributed by atoms with van der Waals surface area (Å²) in [6.07, 6.45) is 7.96. The number of amides is 2. The third-order valence-corrected chi connectivity index (χ3v) is 7.34. The van der Waals surface area contributed by atoms with E-state index in [1.54, 1.807) is 6.20 Å². The second kappa shape index (κ2) is 12.9. The second-order valence-corrected chi connectivity index (χ2v) is 10.5. The van der Waals surface area contributed by atoms with Gasteiger partial charge in [-0.2, -0.15) is 0 Å². The minimum absolute atomic E-state index is 0.189. The largest absolute Gasteiger partial charge is 0.376 e. The number of aromatic nitrogens is 1. The predicted octanol–water partition coefficient (Wildman–Crippen LogP) is 5.87. The molecule has 2 N–H and O–H groups in total. The van der Waals surface area contributed by atoms with Crippen molar-refractivity contribution in [1.82, 2.24) is 10.3 Å². The molecule has 1 aromatic heterocycles. The molecular weight excluding hydrogens is 496 g/mol. The third kappa shape index (κ3) is 8.16. The molecule has 1 aliphatic carbocycles. The summed E-state index contributed by atoms with van der Waals surface area (Å²) in [5, 5.41) is 5.65. The van der Waals surface area contributed by atoms with Crippen LogP contribution in [0.3, 0.4) is 0 Å². The highest BCUT2D eigenvalue weighted by Gasteiger charge is 2.18. The number of thiazole rings is 1. The van der Waals surface area contributed by atoms with Crippen molar-refractivity contribution in [1.29, 1.82) is 0 Å². The molecule has 4 rings (SSSR count). The van der Waals surface area contributed by atoms with Crippen LogP contribution < -0.4 is 10.6 Å². The van der Waals surface area contributed by atoms with Gasteiger partial charge in [-0.05, 0) is 54.5 Å². The molecule has 37 heavy (non-hydrogen) atoms. The Kier molecular flexibility index (Phi) is 9.35. The average Bonchev–Trinajstić information content (AvgIpc) is 3.33. The first-order valence-electron chi connectivity index (χ1n) is 12.5. The minimum Gasteiger partial charge on any atom is -0.376 e. The highest BCUT2D eigenvalue weighted by molar-refractivity contribution is 7.19. The molecule has 1 heterocycles. The van der Waals surface area contributed by atoms with E-state index < -0.39 is 29.5 Å². The van der Waals surface area contributed by atoms with Crippen molar-refractivity contribution in [2.45, 2.75) is 58.1 Å². The Morgan fingerprint density at radius 3 is 2.46 bits per heavy atom. The number of halogens is 2. The fraction of sp³-hybridized carbons (Fsp3) is 0.393. The average molecular weight is 528 g/mol. The molecule has 0 bridgehead atoms. The van der Waals surface area contributed by atoms with Crippen molar-refractivity contribution >= 4 is 28.3 Å². The number of anilines is 1. The van der Waals surface area contributed by atoms with E-state index in [0.29, 0.717) is 17.7 Å². The molecule has 1 fully saturated rings. The van der Waals surface area contributed by atoms with E-state index >= 15 is 0 Å². The number of hydrogen-bond acceptors (Lipinski definition) is 5. The summed E-state index contributed by atoms with van der Waals surface area (Å²) in [4.78, 5) is 29.9. The van der Waals surface area contributed by atoms with Crippen molar-refractivity contribution in [2.24, 2.45) is 5.92 Å². The Balaban J connectivity index is 1.24.